The van der Waals surface area contributed by atoms with Crippen molar-refractivity contribution in [1.82, 2.24) is 5.32 Å². The zero-order chi connectivity index (χ0) is 6.10. The van der Waals surface area contributed by atoms with Crippen molar-refractivity contribution in [2.75, 3.05) is 0 Å². The Kier molecular flexibility index (Phi) is 0.918. The van der Waals surface area contributed by atoms with E-state index in [4.69, 9.17) is 0 Å². The van der Waals surface area contributed by atoms with Crippen LogP contribution >= 0.6 is 0 Å². The lowest BCUT2D eigenvalue weighted by Gasteiger charge is -2.08. The zero-order valence-corrected chi connectivity index (χ0v) is 5.04. The van der Waals surface area contributed by atoms with Gasteiger partial charge in [-0.3, -0.25) is 0 Å². The van der Waals surface area contributed by atoms with Gasteiger partial charge in [0.25, 0.3) is 0 Å². The van der Waals surface area contributed by atoms with Gasteiger partial charge in [-0.15, -0.1) is 0 Å². The van der Waals surface area contributed by atoms with E-state index in [0.717, 1.165) is 12.3 Å². The van der Waals surface area contributed by atoms with E-state index in [1.54, 1.807) is 0 Å². The molecule has 2 aliphatic heterocycles. The summed E-state index contributed by atoms with van der Waals surface area (Å²) in [5, 5.41) is 3.08. The van der Waals surface area contributed by atoms with Crippen LogP contribution in [0.3, 0.4) is 0 Å². The second-order valence-electron chi connectivity index (χ2n) is 2.24. The normalized spacial score (nSPS) is 29.3. The highest BCUT2D eigenvalue weighted by molar-refractivity contribution is 5.90. The van der Waals surface area contributed by atoms with E-state index < -0.39 is 0 Å². The van der Waals surface area contributed by atoms with Crippen molar-refractivity contribution in [2.24, 2.45) is 10.9 Å². The summed E-state index contributed by atoms with van der Waals surface area (Å²) in [6.07, 6.45) is 9.14. The molecule has 0 fully saturated rings. The molecule has 0 aliphatic carbocycles. The van der Waals surface area contributed by atoms with Crippen LogP contribution in [0.2, 0.25) is 0 Å². The first-order valence-corrected chi connectivity index (χ1v) is 3.13. The fraction of sp³-hybridized carbons (Fsp3) is 0.286. The van der Waals surface area contributed by atoms with Gasteiger partial charge in [0.15, 0.2) is 0 Å². The average molecular weight is 120 g/mol. The van der Waals surface area contributed by atoms with Gasteiger partial charge in [0.1, 0.15) is 5.84 Å². The molecule has 2 aliphatic rings. The molecule has 0 bridgehead atoms. The van der Waals surface area contributed by atoms with Crippen LogP contribution in [-0.4, -0.2) is 5.84 Å². The molecule has 2 heterocycles. The summed E-state index contributed by atoms with van der Waals surface area (Å²) in [4.78, 5) is 4.15. The van der Waals surface area contributed by atoms with Crippen molar-refractivity contribution in [3.63, 3.8) is 0 Å². The Bertz CT molecular complexity index is 201. The first-order chi connectivity index (χ1) is 4.47. The number of fused-ring (bicyclic) bond motifs is 1. The highest BCUT2D eigenvalue weighted by Crippen LogP contribution is 2.15. The molecular weight excluding hydrogens is 112 g/mol. The first kappa shape index (κ1) is 4.79. The molecule has 0 saturated carbocycles. The largest absolute Gasteiger partial charge is 0.350 e. The van der Waals surface area contributed by atoms with E-state index in [1.165, 1.54) is 0 Å². The maximum atomic E-state index is 4.15. The molecule has 46 valence electrons. The lowest BCUT2D eigenvalue weighted by molar-refractivity contribution is 0.863. The maximum Gasteiger partial charge on any atom is 0.113 e. The molecule has 0 aromatic rings. The van der Waals surface area contributed by atoms with E-state index in [-0.39, 0.29) is 0 Å². The molecule has 9 heavy (non-hydrogen) atoms. The van der Waals surface area contributed by atoms with Gasteiger partial charge in [-0.2, -0.15) is 0 Å². The van der Waals surface area contributed by atoms with Gasteiger partial charge in [0.05, 0.1) is 0 Å². The zero-order valence-electron chi connectivity index (χ0n) is 5.04. The van der Waals surface area contributed by atoms with Gasteiger partial charge in [0.2, 0.25) is 0 Å². The smallest absolute Gasteiger partial charge is 0.113 e. The van der Waals surface area contributed by atoms with E-state index in [1.807, 2.05) is 12.4 Å². The number of hydrogen-bond acceptors (Lipinski definition) is 2. The van der Waals surface area contributed by atoms with Crippen LogP contribution < -0.4 is 5.32 Å². The Hall–Kier alpha value is -1.05. The Morgan fingerprint density at radius 2 is 2.67 bits per heavy atom. The summed E-state index contributed by atoms with van der Waals surface area (Å²) in [5.41, 5.74) is 0. The highest BCUT2D eigenvalue weighted by Gasteiger charge is 2.16. The number of allylic oxidation sites excluding steroid dienone is 1. The topological polar surface area (TPSA) is 24.4 Å². The number of amidine groups is 1. The van der Waals surface area contributed by atoms with Crippen LogP contribution in [0.25, 0.3) is 0 Å². The molecule has 0 saturated heterocycles. The lowest BCUT2D eigenvalue weighted by atomic mass is 10.1. The van der Waals surface area contributed by atoms with Gasteiger partial charge in [-0.25, -0.2) is 4.99 Å². The van der Waals surface area contributed by atoms with E-state index in [2.05, 4.69) is 22.5 Å². The van der Waals surface area contributed by atoms with Crippen LogP contribution in [-0.2, 0) is 0 Å². The molecular formula is C7H8N2. The monoisotopic (exact) mass is 120 g/mol. The van der Waals surface area contributed by atoms with Crippen LogP contribution in [0.15, 0.2) is 29.5 Å². The fourth-order valence-corrected chi connectivity index (χ4v) is 1.11. The number of rotatable bonds is 0. The Morgan fingerprint density at radius 3 is 3.56 bits per heavy atom. The number of nitrogens with one attached hydrogen (secondary N) is 1. The molecule has 0 aromatic heterocycles. The Morgan fingerprint density at radius 1 is 1.67 bits per heavy atom. The van der Waals surface area contributed by atoms with Gasteiger partial charge < -0.3 is 5.32 Å². The minimum Gasteiger partial charge on any atom is -0.350 e. The van der Waals surface area contributed by atoms with Gasteiger partial charge >= 0.3 is 0 Å². The molecule has 2 heteroatoms. The Labute approximate surface area is 54.0 Å². The van der Waals surface area contributed by atoms with Gasteiger partial charge in [-0.05, 0) is 12.6 Å². The van der Waals surface area contributed by atoms with E-state index in [9.17, 15) is 0 Å². The highest BCUT2D eigenvalue weighted by atomic mass is 15.0. The van der Waals surface area contributed by atoms with Crippen molar-refractivity contribution in [1.29, 1.82) is 0 Å². The Balaban J connectivity index is 2.29. The van der Waals surface area contributed by atoms with Crippen LogP contribution in [0.1, 0.15) is 6.42 Å². The molecule has 0 amide bonds. The maximum absolute atomic E-state index is 4.15. The fourth-order valence-electron chi connectivity index (χ4n) is 1.11. The predicted octanol–water partition coefficient (Wildman–Crippen LogP) is 1.04. The molecule has 2 rings (SSSR count). The average Bonchev–Trinajstić information content (AvgIpc) is 2.33. The minimum atomic E-state index is 0.537. The lowest BCUT2D eigenvalue weighted by Crippen LogP contribution is -2.20. The summed E-state index contributed by atoms with van der Waals surface area (Å²) < 4.78 is 0. The van der Waals surface area contributed by atoms with Gasteiger partial charge in [-0.1, -0.05) is 12.2 Å². The predicted molar refractivity (Wildman–Crippen MR) is 37.0 cm³/mol. The van der Waals surface area contributed by atoms with Crippen LogP contribution in [0.5, 0.6) is 0 Å². The molecule has 0 aromatic carbocycles. The van der Waals surface area contributed by atoms with Crippen molar-refractivity contribution >= 4 is 5.84 Å². The number of nitrogens with zero attached hydrogens (tertiary/aromatic N) is 1. The number of aliphatic imine (C=N–C) groups is 1. The molecule has 2 nitrogen and oxygen atoms in total. The molecule has 1 unspecified atom stereocenters. The minimum absolute atomic E-state index is 0.537. The van der Waals surface area contributed by atoms with Gasteiger partial charge in [0, 0.05) is 12.1 Å². The SMILES string of the molecule is C1=CN=C2NC=CC2C1. The molecule has 0 spiro atoms. The number of hydrogen-bond donors (Lipinski definition) is 1. The van der Waals surface area contributed by atoms with Crippen molar-refractivity contribution in [3.8, 4) is 0 Å². The third-order valence-corrected chi connectivity index (χ3v) is 1.62. The molecule has 1 N–H and O–H groups in total. The van der Waals surface area contributed by atoms with Crippen molar-refractivity contribution < 1.29 is 0 Å². The van der Waals surface area contributed by atoms with E-state index in [0.29, 0.717) is 5.92 Å². The third-order valence-electron chi connectivity index (χ3n) is 1.62. The summed E-state index contributed by atoms with van der Waals surface area (Å²) in [6, 6.07) is 0. The van der Waals surface area contributed by atoms with Crippen LogP contribution in [0, 0.1) is 5.92 Å². The second-order valence-corrected chi connectivity index (χ2v) is 2.24. The molecule has 0 radical (unpaired) electrons. The summed E-state index contributed by atoms with van der Waals surface area (Å²) >= 11 is 0. The summed E-state index contributed by atoms with van der Waals surface area (Å²) in [7, 11) is 0. The second kappa shape index (κ2) is 1.72. The standard InChI is InChI=1S/C7H8N2/c1-2-6-3-5-9-7(6)8-4-1/h1,3-6H,2H2,(H,8,9). The summed E-state index contributed by atoms with van der Waals surface area (Å²) in [6.45, 7) is 0. The van der Waals surface area contributed by atoms with Crippen LogP contribution in [0.4, 0.5) is 0 Å². The van der Waals surface area contributed by atoms with Crippen molar-refractivity contribution in [3.05, 3.63) is 24.6 Å². The first-order valence-electron chi connectivity index (χ1n) is 3.13. The van der Waals surface area contributed by atoms with E-state index >= 15 is 0 Å². The molecule has 1 atom stereocenters. The van der Waals surface area contributed by atoms with Crippen molar-refractivity contribution in [2.45, 2.75) is 6.42 Å². The third kappa shape index (κ3) is 0.669. The summed E-state index contributed by atoms with van der Waals surface area (Å²) in [5.74, 6) is 1.63. The quantitative estimate of drug-likeness (QED) is 0.507.